The van der Waals surface area contributed by atoms with E-state index >= 15 is 0 Å². The Labute approximate surface area is 311 Å². The second-order valence-corrected chi connectivity index (χ2v) is 12.6. The molecule has 11 nitrogen and oxygen atoms in total. The molecule has 4 aromatic carbocycles. The van der Waals surface area contributed by atoms with Crippen LogP contribution in [0.25, 0.3) is 33.4 Å². The molecule has 0 aliphatic carbocycles. The summed E-state index contributed by atoms with van der Waals surface area (Å²) in [6.45, 7) is 3.57. The van der Waals surface area contributed by atoms with Gasteiger partial charge in [-0.3, -0.25) is 14.4 Å². The van der Waals surface area contributed by atoms with Crippen molar-refractivity contribution in [2.45, 2.75) is 20.3 Å². The number of benzene rings is 4. The number of phenols is 2. The Bertz CT molecular complexity index is 2470. The van der Waals surface area contributed by atoms with Crippen molar-refractivity contribution in [2.24, 2.45) is 0 Å². The molecule has 0 saturated heterocycles. The van der Waals surface area contributed by atoms with Crippen LogP contribution in [0.3, 0.4) is 0 Å². The Balaban J connectivity index is 0.000000167. The maximum Gasteiger partial charge on any atom is 0.260 e. The third-order valence-electron chi connectivity index (χ3n) is 7.34. The fourth-order valence-corrected chi connectivity index (χ4v) is 5.58. The average molecular weight is 760 g/mol. The predicted octanol–water partition coefficient (Wildman–Crippen LogP) is 8.67. The number of hydrogen-bond acceptors (Lipinski definition) is 10. The Morgan fingerprint density at radius 1 is 0.788 bits per heavy atom. The van der Waals surface area contributed by atoms with Gasteiger partial charge in [0.1, 0.15) is 17.3 Å². The molecule has 0 unspecified atom stereocenters. The topological polar surface area (TPSA) is 186 Å². The predicted molar refractivity (Wildman–Crippen MR) is 200 cm³/mol. The highest BCUT2D eigenvalue weighted by Crippen LogP contribution is 2.37. The standard InChI is InChI=1S/C19H13ClN2O3.C13H10ClNO2.C6H6ClNO2/c1-10-7-16(25-22-10)18-17(11-3-2-4-13(23)8-11)14-9-12(20)5-6-15(14)21-19(18)24;14-9-4-5-12(15)11(7-9)13(17)8-2-1-3-10(16)6-8;1-4-2-5(10-8-4)3-6(7)9/h2-9,23H,1H3,(H,21,24);1-7,16H,15H2;2H,3H2,1H3. The first-order valence-corrected chi connectivity index (χ1v) is 16.5. The minimum Gasteiger partial charge on any atom is -0.508 e. The van der Waals surface area contributed by atoms with Crippen LogP contribution < -0.4 is 11.3 Å². The van der Waals surface area contributed by atoms with Gasteiger partial charge in [-0.25, -0.2) is 0 Å². The van der Waals surface area contributed by atoms with Crippen molar-refractivity contribution in [3.8, 4) is 33.9 Å². The van der Waals surface area contributed by atoms with Gasteiger partial charge >= 0.3 is 0 Å². The molecular weight excluding hydrogens is 731 g/mol. The van der Waals surface area contributed by atoms with Crippen LogP contribution in [0.15, 0.2) is 111 Å². The van der Waals surface area contributed by atoms with Gasteiger partial charge in [0.25, 0.3) is 5.56 Å². The lowest BCUT2D eigenvalue weighted by Gasteiger charge is -2.12. The lowest BCUT2D eigenvalue weighted by molar-refractivity contribution is -0.111. The number of carbonyl (C=O) groups excluding carboxylic acids is 2. The van der Waals surface area contributed by atoms with Crippen molar-refractivity contribution in [1.82, 2.24) is 15.3 Å². The molecule has 3 heterocycles. The molecule has 7 rings (SSSR count). The molecule has 14 heteroatoms. The van der Waals surface area contributed by atoms with E-state index in [1.54, 1.807) is 86.6 Å². The van der Waals surface area contributed by atoms with Crippen molar-refractivity contribution in [3.63, 3.8) is 0 Å². The first-order valence-electron chi connectivity index (χ1n) is 15.4. The summed E-state index contributed by atoms with van der Waals surface area (Å²) in [7, 11) is 0. The Kier molecular flexibility index (Phi) is 11.8. The van der Waals surface area contributed by atoms with Gasteiger partial charge in [-0.1, -0.05) is 57.8 Å². The van der Waals surface area contributed by atoms with Crippen LogP contribution in [0.2, 0.25) is 10.0 Å². The third kappa shape index (κ3) is 9.26. The number of fused-ring (bicyclic) bond motifs is 1. The number of nitrogens with zero attached hydrogens (tertiary/aromatic N) is 2. The van der Waals surface area contributed by atoms with Crippen molar-refractivity contribution in [3.05, 3.63) is 146 Å². The molecule has 0 aliphatic rings. The number of carbonyl (C=O) groups is 2. The molecule has 7 aromatic rings. The lowest BCUT2D eigenvalue weighted by Crippen LogP contribution is -2.11. The summed E-state index contributed by atoms with van der Waals surface area (Å²) in [4.78, 5) is 38.0. The second kappa shape index (κ2) is 16.4. The molecule has 5 N–H and O–H groups in total. The van der Waals surface area contributed by atoms with Crippen LogP contribution in [0.4, 0.5) is 5.69 Å². The van der Waals surface area contributed by atoms with Gasteiger partial charge in [-0.15, -0.1) is 0 Å². The molecule has 0 spiro atoms. The van der Waals surface area contributed by atoms with E-state index < -0.39 is 5.24 Å². The summed E-state index contributed by atoms with van der Waals surface area (Å²) in [5.41, 5.74) is 10.2. The van der Waals surface area contributed by atoms with E-state index in [1.807, 2.05) is 6.07 Å². The zero-order valence-electron chi connectivity index (χ0n) is 27.5. The van der Waals surface area contributed by atoms with Crippen molar-refractivity contribution in [1.29, 1.82) is 0 Å². The number of ketones is 1. The van der Waals surface area contributed by atoms with Gasteiger partial charge in [0.15, 0.2) is 11.5 Å². The third-order valence-corrected chi connectivity index (χ3v) is 7.95. The van der Waals surface area contributed by atoms with Gasteiger partial charge in [0.05, 0.1) is 23.4 Å². The summed E-state index contributed by atoms with van der Waals surface area (Å²) in [5, 5.41) is 28.0. The maximum absolute atomic E-state index is 12.8. The van der Waals surface area contributed by atoms with Crippen LogP contribution in [-0.4, -0.2) is 36.5 Å². The Hall–Kier alpha value is -5.88. The summed E-state index contributed by atoms with van der Waals surface area (Å²) >= 11 is 17.1. The first-order chi connectivity index (χ1) is 24.8. The first kappa shape index (κ1) is 37.4. The number of phenolic OH excluding ortho intramolecular Hbond substituents is 2. The van der Waals surface area contributed by atoms with Gasteiger partial charge in [0, 0.05) is 55.5 Å². The number of nitrogen functional groups attached to an aromatic ring is 1. The maximum atomic E-state index is 12.8. The summed E-state index contributed by atoms with van der Waals surface area (Å²) < 4.78 is 10.1. The normalized spacial score (nSPS) is 10.6. The fourth-order valence-electron chi connectivity index (χ4n) is 5.11. The summed E-state index contributed by atoms with van der Waals surface area (Å²) in [5.74, 6) is 0.751. The molecule has 0 atom stereocenters. The van der Waals surface area contributed by atoms with E-state index in [4.69, 9.17) is 49.6 Å². The van der Waals surface area contributed by atoms with Crippen LogP contribution >= 0.6 is 34.8 Å². The molecule has 0 bridgehead atoms. The number of halogens is 3. The van der Waals surface area contributed by atoms with Gasteiger partial charge < -0.3 is 30.0 Å². The number of aromatic hydroxyl groups is 2. The number of pyridine rings is 1. The molecule has 3 aromatic heterocycles. The SMILES string of the molecule is Cc1cc(-c2c(-c3cccc(O)c3)c3cc(Cl)ccc3[nH]c2=O)on1.Cc1cc(CC(=O)Cl)on1.Nc1ccc(Cl)cc1C(=O)c1cccc(O)c1. The minimum atomic E-state index is -0.434. The van der Waals surface area contributed by atoms with Gasteiger partial charge in [0.2, 0.25) is 5.24 Å². The zero-order valence-corrected chi connectivity index (χ0v) is 29.8. The zero-order chi connectivity index (χ0) is 37.5. The van der Waals surface area contributed by atoms with E-state index in [-0.39, 0.29) is 29.3 Å². The number of aromatic amines is 1. The molecule has 0 aliphatic heterocycles. The highest BCUT2D eigenvalue weighted by atomic mass is 35.5. The fraction of sp³-hybridized carbons (Fsp3) is 0.0789. The average Bonchev–Trinajstić information content (AvgIpc) is 3.72. The number of anilines is 1. The number of aromatic nitrogens is 3. The van der Waals surface area contributed by atoms with E-state index in [0.717, 1.165) is 11.1 Å². The number of nitrogens with two attached hydrogens (primary N) is 1. The molecule has 0 saturated carbocycles. The van der Waals surface area contributed by atoms with Crippen molar-refractivity contribution >= 4 is 62.4 Å². The Morgan fingerprint density at radius 2 is 1.44 bits per heavy atom. The molecular formula is C38H29Cl3N4O7. The molecule has 0 amide bonds. The van der Waals surface area contributed by atoms with Crippen LogP contribution in [0.5, 0.6) is 11.5 Å². The van der Waals surface area contributed by atoms with Crippen LogP contribution in [0, 0.1) is 13.8 Å². The van der Waals surface area contributed by atoms with Crippen molar-refractivity contribution in [2.75, 3.05) is 5.73 Å². The van der Waals surface area contributed by atoms with Crippen molar-refractivity contribution < 1.29 is 28.8 Å². The smallest absolute Gasteiger partial charge is 0.260 e. The van der Waals surface area contributed by atoms with Crippen LogP contribution in [0.1, 0.15) is 33.1 Å². The number of hydrogen-bond donors (Lipinski definition) is 4. The number of H-pyrrole nitrogens is 1. The summed E-state index contributed by atoms with van der Waals surface area (Å²) in [6, 6.07) is 26.2. The van der Waals surface area contributed by atoms with E-state index in [1.165, 1.54) is 18.2 Å². The summed E-state index contributed by atoms with van der Waals surface area (Å²) in [6.07, 6.45) is 0.113. The highest BCUT2D eigenvalue weighted by Gasteiger charge is 2.20. The molecule has 264 valence electrons. The minimum absolute atomic E-state index is 0.0384. The molecule has 0 radical (unpaired) electrons. The largest absolute Gasteiger partial charge is 0.508 e. The van der Waals surface area contributed by atoms with E-state index in [9.17, 15) is 24.6 Å². The Morgan fingerprint density at radius 3 is 2.08 bits per heavy atom. The van der Waals surface area contributed by atoms with Gasteiger partial charge in [-0.05, 0) is 91.7 Å². The monoisotopic (exact) mass is 758 g/mol. The van der Waals surface area contributed by atoms with E-state index in [2.05, 4.69) is 15.3 Å². The quantitative estimate of drug-likeness (QED) is 0.0726. The number of rotatable bonds is 6. The number of aryl methyl sites for hydroxylation is 2. The number of nitrogens with one attached hydrogen (secondary N) is 1. The van der Waals surface area contributed by atoms with Crippen LogP contribution in [-0.2, 0) is 11.2 Å². The second-order valence-electron chi connectivity index (χ2n) is 11.4. The molecule has 0 fully saturated rings. The van der Waals surface area contributed by atoms with Gasteiger partial charge in [-0.2, -0.15) is 0 Å². The highest BCUT2D eigenvalue weighted by molar-refractivity contribution is 6.63. The van der Waals surface area contributed by atoms with E-state index in [0.29, 0.717) is 66.3 Å². The molecule has 52 heavy (non-hydrogen) atoms. The lowest BCUT2D eigenvalue weighted by atomic mass is 9.94.